The number of ether oxygens (including phenoxy) is 1. The van der Waals surface area contributed by atoms with Crippen molar-refractivity contribution in [3.05, 3.63) is 28.8 Å². The zero-order valence-corrected chi connectivity index (χ0v) is 9.66. The van der Waals surface area contributed by atoms with Gasteiger partial charge >= 0.3 is 6.03 Å². The number of carbonyl (C=O) groups is 2. The molecule has 17 heavy (non-hydrogen) atoms. The fourth-order valence-corrected chi connectivity index (χ4v) is 1.35. The van der Waals surface area contributed by atoms with Crippen LogP contribution in [0, 0.1) is 0 Å². The molecule has 1 rings (SSSR count). The van der Waals surface area contributed by atoms with E-state index in [1.165, 1.54) is 0 Å². The maximum absolute atomic E-state index is 11.0. The molecule has 0 atom stereocenters. The summed E-state index contributed by atoms with van der Waals surface area (Å²) < 4.78 is 5.10. The minimum Gasteiger partial charge on any atom is -0.484 e. The van der Waals surface area contributed by atoms with Crippen LogP contribution in [0.5, 0.6) is 5.75 Å². The van der Waals surface area contributed by atoms with E-state index in [4.69, 9.17) is 27.8 Å². The number of carbonyl (C=O) groups excluding carboxylic acids is 2. The third-order valence-electron chi connectivity index (χ3n) is 1.88. The van der Waals surface area contributed by atoms with Crippen LogP contribution in [0.3, 0.4) is 0 Å². The number of benzene rings is 1. The summed E-state index contributed by atoms with van der Waals surface area (Å²) in [4.78, 5) is 21.4. The summed E-state index contributed by atoms with van der Waals surface area (Å²) in [5, 5.41) is 2.33. The molecular weight excluding hydrogens is 246 g/mol. The molecule has 0 aliphatic rings. The van der Waals surface area contributed by atoms with E-state index in [0.717, 1.165) is 5.56 Å². The summed E-state index contributed by atoms with van der Waals surface area (Å²) in [6.45, 7) is 0.00250. The number of halogens is 1. The third kappa shape index (κ3) is 4.29. The van der Waals surface area contributed by atoms with Crippen LogP contribution in [0.4, 0.5) is 4.79 Å². The SMILES string of the molecule is NCc1ccc(OCC(=O)NC(N)=O)cc1Cl. The number of primary amides is 1. The van der Waals surface area contributed by atoms with E-state index in [-0.39, 0.29) is 6.61 Å². The lowest BCUT2D eigenvalue weighted by molar-refractivity contribution is -0.121. The fourth-order valence-electron chi connectivity index (χ4n) is 1.11. The molecule has 0 aromatic heterocycles. The highest BCUT2D eigenvalue weighted by Gasteiger charge is 2.06. The van der Waals surface area contributed by atoms with Crippen molar-refractivity contribution >= 4 is 23.5 Å². The highest BCUT2D eigenvalue weighted by molar-refractivity contribution is 6.31. The normalized spacial score (nSPS) is 9.76. The van der Waals surface area contributed by atoms with Gasteiger partial charge in [0, 0.05) is 11.6 Å². The molecule has 0 unspecified atom stereocenters. The standard InChI is InChI=1S/C10H12ClN3O3/c11-8-3-7(2-1-6(8)4-12)17-5-9(15)14-10(13)16/h1-3H,4-5,12H2,(H3,13,14,15,16). The molecule has 0 radical (unpaired) electrons. The molecule has 0 fully saturated rings. The van der Waals surface area contributed by atoms with Crippen molar-refractivity contribution in [2.24, 2.45) is 11.5 Å². The number of rotatable bonds is 4. The van der Waals surface area contributed by atoms with E-state index in [1.54, 1.807) is 18.2 Å². The van der Waals surface area contributed by atoms with Crippen LogP contribution in [0.15, 0.2) is 18.2 Å². The Balaban J connectivity index is 2.55. The Kier molecular flexibility index (Phi) is 4.74. The quantitative estimate of drug-likeness (QED) is 0.724. The lowest BCUT2D eigenvalue weighted by Gasteiger charge is -2.07. The van der Waals surface area contributed by atoms with Gasteiger partial charge in [-0.3, -0.25) is 10.1 Å². The van der Waals surface area contributed by atoms with E-state index in [1.807, 2.05) is 5.32 Å². The van der Waals surface area contributed by atoms with Crippen molar-refractivity contribution in [3.63, 3.8) is 0 Å². The van der Waals surface area contributed by atoms with Crippen LogP contribution < -0.4 is 21.5 Å². The summed E-state index contributed by atoms with van der Waals surface area (Å²) in [6, 6.07) is 3.95. The third-order valence-corrected chi connectivity index (χ3v) is 2.23. The Morgan fingerprint density at radius 3 is 2.65 bits per heavy atom. The average molecular weight is 258 g/mol. The Bertz CT molecular complexity index is 437. The lowest BCUT2D eigenvalue weighted by Crippen LogP contribution is -2.38. The van der Waals surface area contributed by atoms with Gasteiger partial charge in [-0.1, -0.05) is 17.7 Å². The van der Waals surface area contributed by atoms with Gasteiger partial charge < -0.3 is 16.2 Å². The Labute approximate surface area is 103 Å². The minimum atomic E-state index is -0.921. The summed E-state index contributed by atoms with van der Waals surface area (Å²) in [7, 11) is 0. The number of hydrogen-bond acceptors (Lipinski definition) is 4. The Hall–Kier alpha value is -1.79. The molecule has 7 heteroatoms. The van der Waals surface area contributed by atoms with Crippen molar-refractivity contribution in [2.45, 2.75) is 6.54 Å². The van der Waals surface area contributed by atoms with Crippen LogP contribution in [-0.4, -0.2) is 18.5 Å². The highest BCUT2D eigenvalue weighted by Crippen LogP contribution is 2.21. The van der Waals surface area contributed by atoms with Gasteiger partial charge in [0.2, 0.25) is 0 Å². The first kappa shape index (κ1) is 13.3. The van der Waals surface area contributed by atoms with E-state index in [2.05, 4.69) is 0 Å². The van der Waals surface area contributed by atoms with E-state index < -0.39 is 11.9 Å². The van der Waals surface area contributed by atoms with Crippen LogP contribution in [0.2, 0.25) is 5.02 Å². The largest absolute Gasteiger partial charge is 0.484 e. The van der Waals surface area contributed by atoms with Gasteiger partial charge in [-0.05, 0) is 17.7 Å². The molecule has 1 aromatic carbocycles. The van der Waals surface area contributed by atoms with Gasteiger partial charge in [-0.25, -0.2) is 4.79 Å². The molecule has 0 aliphatic carbocycles. The molecule has 5 N–H and O–H groups in total. The minimum absolute atomic E-state index is 0.318. The predicted octanol–water partition coefficient (Wildman–Crippen LogP) is 0.372. The molecule has 0 saturated heterocycles. The fraction of sp³-hybridized carbons (Fsp3) is 0.200. The Morgan fingerprint density at radius 2 is 2.12 bits per heavy atom. The summed E-state index contributed by atoms with van der Waals surface area (Å²) in [5.74, 6) is -0.219. The second kappa shape index (κ2) is 6.07. The monoisotopic (exact) mass is 257 g/mol. The molecule has 0 spiro atoms. The maximum Gasteiger partial charge on any atom is 0.318 e. The average Bonchev–Trinajstić information content (AvgIpc) is 2.25. The molecule has 0 saturated carbocycles. The van der Waals surface area contributed by atoms with Crippen molar-refractivity contribution in [1.29, 1.82) is 0 Å². The number of hydrogen-bond donors (Lipinski definition) is 3. The molecule has 92 valence electrons. The van der Waals surface area contributed by atoms with Gasteiger partial charge in [0.25, 0.3) is 5.91 Å². The van der Waals surface area contributed by atoms with E-state index in [0.29, 0.717) is 17.3 Å². The summed E-state index contributed by atoms with van der Waals surface area (Å²) >= 11 is 5.89. The smallest absolute Gasteiger partial charge is 0.318 e. The molecule has 0 heterocycles. The topological polar surface area (TPSA) is 107 Å². The van der Waals surface area contributed by atoms with Crippen molar-refractivity contribution in [2.75, 3.05) is 6.61 Å². The van der Waals surface area contributed by atoms with Crippen molar-refractivity contribution < 1.29 is 14.3 Å². The van der Waals surface area contributed by atoms with Crippen LogP contribution in [0.1, 0.15) is 5.56 Å². The van der Waals surface area contributed by atoms with Gasteiger partial charge in [-0.2, -0.15) is 0 Å². The molecule has 0 bridgehead atoms. The first-order valence-corrected chi connectivity index (χ1v) is 5.11. The number of nitrogens with one attached hydrogen (secondary N) is 1. The molecule has 0 aliphatic heterocycles. The second-order valence-electron chi connectivity index (χ2n) is 3.16. The van der Waals surface area contributed by atoms with E-state index >= 15 is 0 Å². The highest BCUT2D eigenvalue weighted by atomic mass is 35.5. The van der Waals surface area contributed by atoms with Crippen LogP contribution in [0.25, 0.3) is 0 Å². The van der Waals surface area contributed by atoms with Gasteiger partial charge in [0.05, 0.1) is 0 Å². The first-order chi connectivity index (χ1) is 8.02. The number of amides is 3. The zero-order valence-electron chi connectivity index (χ0n) is 8.90. The maximum atomic E-state index is 11.0. The van der Waals surface area contributed by atoms with E-state index in [9.17, 15) is 9.59 Å². The van der Waals surface area contributed by atoms with Crippen LogP contribution in [-0.2, 0) is 11.3 Å². The molecule has 1 aromatic rings. The zero-order chi connectivity index (χ0) is 12.8. The predicted molar refractivity (Wildman–Crippen MR) is 62.6 cm³/mol. The van der Waals surface area contributed by atoms with Crippen molar-refractivity contribution in [3.8, 4) is 5.75 Å². The lowest BCUT2D eigenvalue weighted by atomic mass is 10.2. The molecule has 6 nitrogen and oxygen atoms in total. The van der Waals surface area contributed by atoms with Crippen molar-refractivity contribution in [1.82, 2.24) is 5.32 Å². The summed E-state index contributed by atoms with van der Waals surface area (Å²) in [6.07, 6.45) is 0. The number of urea groups is 1. The van der Waals surface area contributed by atoms with Crippen LogP contribution >= 0.6 is 11.6 Å². The summed E-state index contributed by atoms with van der Waals surface area (Å²) in [5.41, 5.74) is 11.0. The Morgan fingerprint density at radius 1 is 1.41 bits per heavy atom. The molecular formula is C10H12ClN3O3. The number of imide groups is 1. The van der Waals surface area contributed by atoms with Gasteiger partial charge in [0.15, 0.2) is 6.61 Å². The second-order valence-corrected chi connectivity index (χ2v) is 3.57. The van der Waals surface area contributed by atoms with Gasteiger partial charge in [-0.15, -0.1) is 0 Å². The first-order valence-electron chi connectivity index (χ1n) is 4.73. The number of nitrogens with two attached hydrogens (primary N) is 2. The molecule has 3 amide bonds. The van der Waals surface area contributed by atoms with Gasteiger partial charge in [0.1, 0.15) is 5.75 Å².